The number of rotatable bonds is 5. The minimum absolute atomic E-state index is 0.0580. The zero-order valence-electron chi connectivity index (χ0n) is 19.2. The molecule has 3 aromatic rings. The summed E-state index contributed by atoms with van der Waals surface area (Å²) in [5.41, 5.74) is 2.55. The van der Waals surface area contributed by atoms with Crippen LogP contribution in [-0.2, 0) is 11.3 Å². The number of nitrogens with zero attached hydrogens (tertiary/aromatic N) is 6. The lowest BCUT2D eigenvalue weighted by Gasteiger charge is -2.35. The van der Waals surface area contributed by atoms with Gasteiger partial charge in [-0.15, -0.1) is 0 Å². The molecule has 8 nitrogen and oxygen atoms in total. The number of carbonyl (C=O) groups is 1. The molecule has 32 heavy (non-hydrogen) atoms. The van der Waals surface area contributed by atoms with E-state index in [0.29, 0.717) is 25.0 Å². The van der Waals surface area contributed by atoms with E-state index in [9.17, 15) is 9.59 Å². The molecule has 0 N–H and O–H groups in total. The smallest absolute Gasteiger partial charge is 0.261 e. The number of hydrogen-bond acceptors (Lipinski definition) is 6. The Labute approximate surface area is 187 Å². The van der Waals surface area contributed by atoms with Crippen molar-refractivity contribution in [2.75, 3.05) is 31.1 Å². The minimum Gasteiger partial charge on any atom is -0.353 e. The highest BCUT2D eigenvalue weighted by atomic mass is 16.2. The molecule has 0 saturated carbocycles. The molecule has 1 aliphatic heterocycles. The van der Waals surface area contributed by atoms with Gasteiger partial charge in [0.1, 0.15) is 11.6 Å². The van der Waals surface area contributed by atoms with Crippen LogP contribution < -0.4 is 10.5 Å². The van der Waals surface area contributed by atoms with E-state index in [4.69, 9.17) is 4.98 Å². The number of piperazine rings is 1. The Morgan fingerprint density at radius 1 is 1.09 bits per heavy atom. The summed E-state index contributed by atoms with van der Waals surface area (Å²) >= 11 is 0. The van der Waals surface area contributed by atoms with Gasteiger partial charge in [0.25, 0.3) is 5.56 Å². The number of aryl methyl sites for hydroxylation is 3. The normalized spacial score (nSPS) is 14.4. The molecule has 1 aromatic carbocycles. The number of carbonyl (C=O) groups excluding carboxylic acids is 1. The first-order chi connectivity index (χ1) is 15.3. The van der Waals surface area contributed by atoms with Crippen molar-refractivity contribution in [3.8, 4) is 0 Å². The third kappa shape index (κ3) is 4.49. The highest BCUT2D eigenvalue weighted by molar-refractivity contribution is 5.80. The Balaban J connectivity index is 1.37. The molecule has 0 radical (unpaired) electrons. The number of anilines is 1. The Morgan fingerprint density at radius 3 is 2.56 bits per heavy atom. The van der Waals surface area contributed by atoms with Crippen molar-refractivity contribution in [1.29, 1.82) is 0 Å². The van der Waals surface area contributed by atoms with Crippen LogP contribution in [0.15, 0.2) is 35.4 Å². The highest BCUT2D eigenvalue weighted by Crippen LogP contribution is 2.19. The first-order valence-electron chi connectivity index (χ1n) is 11.2. The van der Waals surface area contributed by atoms with Gasteiger partial charge in [0.15, 0.2) is 0 Å². The van der Waals surface area contributed by atoms with E-state index in [1.54, 1.807) is 12.4 Å². The van der Waals surface area contributed by atoms with Crippen LogP contribution in [-0.4, -0.2) is 56.5 Å². The standard InChI is InChI=1S/C24H30N6O2/c1-16(2)23-26-18(4)14-20(27-23)28-10-12-29(13-11-28)21(31)8-9-30-15-25-22-17(3)6-5-7-19(22)24(30)32/h5-7,14-16H,8-13H2,1-4H3. The number of benzene rings is 1. The van der Waals surface area contributed by atoms with Crippen LogP contribution in [0.5, 0.6) is 0 Å². The van der Waals surface area contributed by atoms with Crippen molar-refractivity contribution in [1.82, 2.24) is 24.4 Å². The molecule has 1 amide bonds. The summed E-state index contributed by atoms with van der Waals surface area (Å²) < 4.78 is 1.53. The molecule has 0 aliphatic carbocycles. The van der Waals surface area contributed by atoms with Crippen LogP contribution in [0.3, 0.4) is 0 Å². The Bertz CT molecular complexity index is 1190. The van der Waals surface area contributed by atoms with Gasteiger partial charge >= 0.3 is 0 Å². The Morgan fingerprint density at radius 2 is 1.84 bits per heavy atom. The number of fused-ring (bicyclic) bond motifs is 1. The molecule has 8 heteroatoms. The number of para-hydroxylation sites is 1. The van der Waals surface area contributed by atoms with Crippen molar-refractivity contribution in [2.45, 2.75) is 46.6 Å². The van der Waals surface area contributed by atoms with Crippen LogP contribution in [0.4, 0.5) is 5.82 Å². The summed E-state index contributed by atoms with van der Waals surface area (Å²) in [6.07, 6.45) is 1.83. The van der Waals surface area contributed by atoms with Crippen molar-refractivity contribution >= 4 is 22.6 Å². The quantitative estimate of drug-likeness (QED) is 0.614. The maximum atomic E-state index is 12.8. The van der Waals surface area contributed by atoms with Gasteiger partial charge in [-0.2, -0.15) is 0 Å². The van der Waals surface area contributed by atoms with Crippen molar-refractivity contribution in [3.05, 3.63) is 58.0 Å². The fraction of sp³-hybridized carbons (Fsp3) is 0.458. The van der Waals surface area contributed by atoms with Gasteiger partial charge in [-0.3, -0.25) is 14.2 Å². The van der Waals surface area contributed by atoms with Gasteiger partial charge < -0.3 is 9.80 Å². The lowest BCUT2D eigenvalue weighted by molar-refractivity contribution is -0.131. The fourth-order valence-electron chi connectivity index (χ4n) is 4.05. The van der Waals surface area contributed by atoms with E-state index in [-0.39, 0.29) is 23.8 Å². The molecule has 2 aromatic heterocycles. The monoisotopic (exact) mass is 434 g/mol. The van der Waals surface area contributed by atoms with Gasteiger partial charge in [-0.1, -0.05) is 26.0 Å². The number of amides is 1. The van der Waals surface area contributed by atoms with Crippen LogP contribution >= 0.6 is 0 Å². The predicted molar refractivity (Wildman–Crippen MR) is 125 cm³/mol. The summed E-state index contributed by atoms with van der Waals surface area (Å²) in [5.74, 6) is 2.11. The molecule has 1 saturated heterocycles. The average Bonchev–Trinajstić information content (AvgIpc) is 2.78. The van der Waals surface area contributed by atoms with Crippen molar-refractivity contribution in [2.24, 2.45) is 0 Å². The predicted octanol–water partition coefficient (Wildman–Crippen LogP) is 2.67. The fourth-order valence-corrected chi connectivity index (χ4v) is 4.05. The van der Waals surface area contributed by atoms with Gasteiger partial charge in [-0.25, -0.2) is 15.0 Å². The number of hydrogen-bond donors (Lipinski definition) is 0. The molecule has 3 heterocycles. The van der Waals surface area contributed by atoms with Crippen LogP contribution in [0.25, 0.3) is 10.9 Å². The lowest BCUT2D eigenvalue weighted by atomic mass is 10.1. The van der Waals surface area contributed by atoms with Crippen LogP contribution in [0, 0.1) is 13.8 Å². The molecule has 0 spiro atoms. The zero-order valence-corrected chi connectivity index (χ0v) is 19.2. The maximum Gasteiger partial charge on any atom is 0.261 e. The van der Waals surface area contributed by atoms with Crippen molar-refractivity contribution in [3.63, 3.8) is 0 Å². The molecular weight excluding hydrogens is 404 g/mol. The Hall–Kier alpha value is -3.29. The first-order valence-corrected chi connectivity index (χ1v) is 11.2. The molecule has 4 rings (SSSR count). The van der Waals surface area contributed by atoms with E-state index in [1.165, 1.54) is 4.57 Å². The van der Waals surface area contributed by atoms with E-state index in [2.05, 4.69) is 28.7 Å². The summed E-state index contributed by atoms with van der Waals surface area (Å²) in [6.45, 7) is 11.2. The topological polar surface area (TPSA) is 84.2 Å². The zero-order chi connectivity index (χ0) is 22.8. The Kier molecular flexibility index (Phi) is 6.21. The molecule has 0 unspecified atom stereocenters. The second-order valence-electron chi connectivity index (χ2n) is 8.71. The third-order valence-corrected chi connectivity index (χ3v) is 5.95. The summed E-state index contributed by atoms with van der Waals surface area (Å²) in [7, 11) is 0. The average molecular weight is 435 g/mol. The van der Waals surface area contributed by atoms with Crippen molar-refractivity contribution < 1.29 is 4.79 Å². The van der Waals surface area contributed by atoms with E-state index >= 15 is 0 Å². The third-order valence-electron chi connectivity index (χ3n) is 5.95. The van der Waals surface area contributed by atoms with E-state index in [1.807, 2.05) is 36.9 Å². The second-order valence-corrected chi connectivity index (χ2v) is 8.71. The number of aromatic nitrogens is 4. The molecule has 0 bridgehead atoms. The van der Waals surface area contributed by atoms with Gasteiger partial charge in [-0.05, 0) is 25.5 Å². The molecule has 0 atom stereocenters. The highest BCUT2D eigenvalue weighted by Gasteiger charge is 2.23. The van der Waals surface area contributed by atoms with E-state index in [0.717, 1.165) is 41.5 Å². The van der Waals surface area contributed by atoms with Crippen LogP contribution in [0.2, 0.25) is 0 Å². The molecule has 168 valence electrons. The second kappa shape index (κ2) is 9.06. The summed E-state index contributed by atoms with van der Waals surface area (Å²) in [4.78, 5) is 43.3. The largest absolute Gasteiger partial charge is 0.353 e. The van der Waals surface area contributed by atoms with E-state index < -0.39 is 0 Å². The summed E-state index contributed by atoms with van der Waals surface area (Å²) in [6, 6.07) is 7.59. The maximum absolute atomic E-state index is 12.8. The van der Waals surface area contributed by atoms with Gasteiger partial charge in [0, 0.05) is 56.8 Å². The van der Waals surface area contributed by atoms with Gasteiger partial charge in [0.05, 0.1) is 17.2 Å². The van der Waals surface area contributed by atoms with Gasteiger partial charge in [0.2, 0.25) is 5.91 Å². The van der Waals surface area contributed by atoms with Crippen LogP contribution in [0.1, 0.15) is 43.3 Å². The SMILES string of the molecule is Cc1cc(N2CCN(C(=O)CCn3cnc4c(C)cccc4c3=O)CC2)nc(C(C)C)n1. The molecule has 1 fully saturated rings. The summed E-state index contributed by atoms with van der Waals surface area (Å²) in [5, 5.41) is 0.592. The first kappa shape index (κ1) is 21.9. The lowest BCUT2D eigenvalue weighted by Crippen LogP contribution is -2.49. The minimum atomic E-state index is -0.101. The molecule has 1 aliphatic rings. The molecular formula is C24H30N6O2.